The first kappa shape index (κ1) is 17.9. The Bertz CT molecular complexity index is 687. The number of furan rings is 1. The standard InChI is InChI=1S/C17H20F2N2O3/c1-3-14(12-9-11(18)6-7-13(12)19)21-16(22)20-10-17(2,23)15-5-4-8-24-15/h4-9,14,23H,3,10H2,1-2H3,(H2,20,21,22). The molecule has 1 heterocycles. The van der Waals surface area contributed by atoms with Gasteiger partial charge in [-0.3, -0.25) is 0 Å². The molecule has 0 bridgehead atoms. The highest BCUT2D eigenvalue weighted by molar-refractivity contribution is 5.74. The van der Waals surface area contributed by atoms with Crippen LogP contribution in [0.15, 0.2) is 41.0 Å². The molecule has 0 aliphatic heterocycles. The molecule has 0 aliphatic rings. The van der Waals surface area contributed by atoms with Crippen molar-refractivity contribution in [3.05, 3.63) is 59.6 Å². The van der Waals surface area contributed by atoms with Gasteiger partial charge in [-0.25, -0.2) is 13.6 Å². The molecule has 3 N–H and O–H groups in total. The van der Waals surface area contributed by atoms with Gasteiger partial charge in [0.05, 0.1) is 18.8 Å². The summed E-state index contributed by atoms with van der Waals surface area (Å²) in [5.41, 5.74) is -1.31. The summed E-state index contributed by atoms with van der Waals surface area (Å²) in [4.78, 5) is 12.0. The lowest BCUT2D eigenvalue weighted by Crippen LogP contribution is -2.44. The van der Waals surface area contributed by atoms with Crippen molar-refractivity contribution in [3.8, 4) is 0 Å². The molecule has 2 atom stereocenters. The highest BCUT2D eigenvalue weighted by atomic mass is 19.1. The van der Waals surface area contributed by atoms with Crippen molar-refractivity contribution >= 4 is 6.03 Å². The zero-order valence-corrected chi connectivity index (χ0v) is 13.5. The number of carbonyl (C=O) groups excluding carboxylic acids is 1. The van der Waals surface area contributed by atoms with E-state index in [-0.39, 0.29) is 12.1 Å². The first-order valence-electron chi connectivity index (χ1n) is 7.59. The van der Waals surface area contributed by atoms with Gasteiger partial charge in [-0.05, 0) is 43.7 Å². The Morgan fingerprint density at radius 1 is 1.38 bits per heavy atom. The van der Waals surface area contributed by atoms with E-state index < -0.39 is 29.3 Å². The van der Waals surface area contributed by atoms with Crippen molar-refractivity contribution in [3.63, 3.8) is 0 Å². The van der Waals surface area contributed by atoms with Crippen molar-refractivity contribution in [2.45, 2.75) is 31.9 Å². The fraction of sp³-hybridized carbons (Fsp3) is 0.353. The van der Waals surface area contributed by atoms with Gasteiger partial charge in [0.15, 0.2) is 0 Å². The second-order valence-electron chi connectivity index (χ2n) is 5.70. The summed E-state index contributed by atoms with van der Waals surface area (Å²) in [6.45, 7) is 3.14. The Balaban J connectivity index is 1.98. The second-order valence-corrected chi connectivity index (χ2v) is 5.70. The van der Waals surface area contributed by atoms with Crippen molar-refractivity contribution < 1.29 is 23.1 Å². The summed E-state index contributed by atoms with van der Waals surface area (Å²) >= 11 is 0. The molecule has 2 aromatic rings. The molecule has 7 heteroatoms. The van der Waals surface area contributed by atoms with Crippen LogP contribution < -0.4 is 10.6 Å². The topological polar surface area (TPSA) is 74.5 Å². The van der Waals surface area contributed by atoms with Crippen molar-refractivity contribution in [2.75, 3.05) is 6.54 Å². The number of hydrogen-bond donors (Lipinski definition) is 3. The molecule has 24 heavy (non-hydrogen) atoms. The monoisotopic (exact) mass is 338 g/mol. The Morgan fingerprint density at radius 3 is 2.75 bits per heavy atom. The molecule has 0 radical (unpaired) electrons. The number of urea groups is 1. The van der Waals surface area contributed by atoms with E-state index in [2.05, 4.69) is 10.6 Å². The summed E-state index contributed by atoms with van der Waals surface area (Å²) < 4.78 is 32.2. The number of amides is 2. The van der Waals surface area contributed by atoms with Crippen LogP contribution in [-0.2, 0) is 5.60 Å². The lowest BCUT2D eigenvalue weighted by molar-refractivity contribution is 0.0366. The molecule has 0 saturated heterocycles. The molecule has 0 fully saturated rings. The minimum atomic E-state index is -1.38. The largest absolute Gasteiger partial charge is 0.466 e. The lowest BCUT2D eigenvalue weighted by atomic mass is 10.0. The number of carbonyl (C=O) groups is 1. The van der Waals surface area contributed by atoms with E-state index in [4.69, 9.17) is 4.42 Å². The first-order chi connectivity index (χ1) is 11.3. The highest BCUT2D eigenvalue weighted by Gasteiger charge is 2.27. The minimum absolute atomic E-state index is 0.0745. The molecular formula is C17H20F2N2O3. The lowest BCUT2D eigenvalue weighted by Gasteiger charge is -2.23. The summed E-state index contributed by atoms with van der Waals surface area (Å²) in [5, 5.41) is 15.3. The number of rotatable bonds is 6. The fourth-order valence-electron chi connectivity index (χ4n) is 2.32. The van der Waals surface area contributed by atoms with Gasteiger partial charge < -0.3 is 20.2 Å². The van der Waals surface area contributed by atoms with Crippen LogP contribution in [0.2, 0.25) is 0 Å². The van der Waals surface area contributed by atoms with Gasteiger partial charge in [0.25, 0.3) is 0 Å². The van der Waals surface area contributed by atoms with Crippen LogP contribution in [0.4, 0.5) is 13.6 Å². The molecule has 2 rings (SSSR count). The van der Waals surface area contributed by atoms with Gasteiger partial charge in [0, 0.05) is 5.56 Å². The van der Waals surface area contributed by atoms with Crippen LogP contribution in [0.1, 0.15) is 37.6 Å². The predicted octanol–water partition coefficient (Wildman–Crippen LogP) is 3.22. The number of hydrogen-bond acceptors (Lipinski definition) is 3. The van der Waals surface area contributed by atoms with E-state index in [1.165, 1.54) is 13.2 Å². The first-order valence-corrected chi connectivity index (χ1v) is 7.59. The maximum absolute atomic E-state index is 13.8. The van der Waals surface area contributed by atoms with Crippen molar-refractivity contribution in [1.29, 1.82) is 0 Å². The Morgan fingerprint density at radius 2 is 2.12 bits per heavy atom. The van der Waals surface area contributed by atoms with E-state index in [0.29, 0.717) is 12.2 Å². The maximum Gasteiger partial charge on any atom is 0.315 e. The quantitative estimate of drug-likeness (QED) is 0.757. The average molecular weight is 338 g/mol. The Labute approximate surface area is 138 Å². The van der Waals surface area contributed by atoms with E-state index in [0.717, 1.165) is 18.2 Å². The third-order valence-corrected chi connectivity index (χ3v) is 3.69. The van der Waals surface area contributed by atoms with Gasteiger partial charge in [-0.2, -0.15) is 0 Å². The third kappa shape index (κ3) is 4.32. The van der Waals surface area contributed by atoms with Gasteiger partial charge >= 0.3 is 6.03 Å². The molecule has 2 unspecified atom stereocenters. The fourth-order valence-corrected chi connectivity index (χ4v) is 2.32. The summed E-state index contributed by atoms with van der Waals surface area (Å²) in [6, 6.07) is 5.04. The molecule has 0 aliphatic carbocycles. The van der Waals surface area contributed by atoms with E-state index in [1.807, 2.05) is 0 Å². The molecule has 5 nitrogen and oxygen atoms in total. The summed E-state index contributed by atoms with van der Waals surface area (Å²) in [7, 11) is 0. The SMILES string of the molecule is CCC(NC(=O)NCC(C)(O)c1ccco1)c1cc(F)ccc1F. The number of nitrogens with one attached hydrogen (secondary N) is 2. The number of aliphatic hydroxyl groups is 1. The molecule has 0 spiro atoms. The molecule has 1 aromatic carbocycles. The van der Waals surface area contributed by atoms with E-state index in [9.17, 15) is 18.7 Å². The predicted molar refractivity (Wildman–Crippen MR) is 84.2 cm³/mol. The summed E-state index contributed by atoms with van der Waals surface area (Å²) in [5.74, 6) is -0.857. The van der Waals surface area contributed by atoms with Gasteiger partial charge in [0.2, 0.25) is 0 Å². The number of halogens is 2. The van der Waals surface area contributed by atoms with E-state index >= 15 is 0 Å². The summed E-state index contributed by atoms with van der Waals surface area (Å²) in [6.07, 6.45) is 1.80. The zero-order chi connectivity index (χ0) is 17.7. The van der Waals surface area contributed by atoms with E-state index in [1.54, 1.807) is 19.1 Å². The van der Waals surface area contributed by atoms with Crippen LogP contribution >= 0.6 is 0 Å². The number of benzene rings is 1. The normalized spacial score (nSPS) is 14.7. The maximum atomic E-state index is 13.8. The van der Waals surface area contributed by atoms with Crippen LogP contribution in [0, 0.1) is 11.6 Å². The van der Waals surface area contributed by atoms with Crippen LogP contribution in [0.25, 0.3) is 0 Å². The van der Waals surface area contributed by atoms with Crippen LogP contribution in [0.5, 0.6) is 0 Å². The molecule has 130 valence electrons. The second kappa shape index (κ2) is 7.44. The molecule has 0 saturated carbocycles. The third-order valence-electron chi connectivity index (χ3n) is 3.69. The minimum Gasteiger partial charge on any atom is -0.466 e. The zero-order valence-electron chi connectivity index (χ0n) is 13.5. The molecule has 2 amide bonds. The Kier molecular flexibility index (Phi) is 5.56. The van der Waals surface area contributed by atoms with Crippen LogP contribution in [0.3, 0.4) is 0 Å². The van der Waals surface area contributed by atoms with Crippen molar-refractivity contribution in [1.82, 2.24) is 10.6 Å². The molecule has 1 aromatic heterocycles. The van der Waals surface area contributed by atoms with Crippen molar-refractivity contribution in [2.24, 2.45) is 0 Å². The molecular weight excluding hydrogens is 318 g/mol. The van der Waals surface area contributed by atoms with Gasteiger partial charge in [-0.15, -0.1) is 0 Å². The van der Waals surface area contributed by atoms with Gasteiger partial charge in [0.1, 0.15) is 23.0 Å². The highest BCUT2D eigenvalue weighted by Crippen LogP contribution is 2.22. The Hall–Kier alpha value is -2.41. The van der Waals surface area contributed by atoms with Gasteiger partial charge in [-0.1, -0.05) is 6.92 Å². The average Bonchev–Trinajstić information content (AvgIpc) is 3.08. The smallest absolute Gasteiger partial charge is 0.315 e. The van der Waals surface area contributed by atoms with Crippen LogP contribution in [-0.4, -0.2) is 17.7 Å².